The Labute approximate surface area is 419 Å². The van der Waals surface area contributed by atoms with Crippen molar-refractivity contribution in [2.45, 2.75) is 175 Å². The van der Waals surface area contributed by atoms with Crippen LogP contribution in [0.5, 0.6) is 0 Å². The van der Waals surface area contributed by atoms with E-state index < -0.39 is 214 Å². The summed E-state index contributed by atoms with van der Waals surface area (Å²) in [6.45, 7) is 1.84. The highest BCUT2D eigenvalue weighted by atomic mass is 32.3. The lowest BCUT2D eigenvalue weighted by Gasteiger charge is -2.50. The van der Waals surface area contributed by atoms with Crippen LogP contribution in [0.4, 0.5) is 0 Å². The van der Waals surface area contributed by atoms with E-state index in [0.717, 1.165) is 0 Å². The molecule has 436 valence electrons. The van der Waals surface area contributed by atoms with Gasteiger partial charge in [-0.05, 0) is 20.8 Å². The van der Waals surface area contributed by atoms with Crippen LogP contribution in [0.2, 0.25) is 0 Å². The van der Waals surface area contributed by atoms with E-state index in [-0.39, 0.29) is 0 Å². The highest BCUT2D eigenvalue weighted by molar-refractivity contribution is 7.84. The molecule has 5 aliphatic rings. The van der Waals surface area contributed by atoms with Crippen molar-refractivity contribution in [2.75, 3.05) is 19.8 Å². The number of aliphatic hydroxyl groups excluding tert-OH is 7. The third-order valence-electron chi connectivity index (χ3n) is 12.2. The topological polar surface area (TPSA) is 565 Å². The van der Waals surface area contributed by atoms with Gasteiger partial charge in [-0.3, -0.25) is 18.2 Å². The fraction of sp³-hybridized carbons (Fsp3) is 1.00. The average Bonchev–Trinajstić information content (AvgIpc) is 3.28. The molecule has 5 rings (SSSR count). The first-order valence-corrected chi connectivity index (χ1v) is 27.2. The van der Waals surface area contributed by atoms with Crippen LogP contribution in [0.25, 0.3) is 0 Å². The summed E-state index contributed by atoms with van der Waals surface area (Å²) in [4.78, 5) is 9.52. The molecule has 10 unspecified atom stereocenters. The lowest BCUT2D eigenvalue weighted by atomic mass is 9.91. The van der Waals surface area contributed by atoms with E-state index >= 15 is 0 Å². The van der Waals surface area contributed by atoms with Crippen molar-refractivity contribution in [3.63, 3.8) is 0 Å². The molecule has 0 bridgehead atoms. The number of aliphatic hydroxyl groups is 7. The van der Waals surface area contributed by atoms with Crippen molar-refractivity contribution in [2.24, 2.45) is 5.92 Å². The van der Waals surface area contributed by atoms with Gasteiger partial charge in [-0.2, -0.15) is 52.7 Å². The predicted octanol–water partition coefficient (Wildman–Crippen LogP) is -8.64. The SMILES string of the molecule is CC1O[C@@H](O[C@@H]2C(COOO)O[C@@H](O[C@H]3C(C)O[C@@H](O[C@@H]4C(COS(=O)(=O)O)O[C@@H](C)C(NS(=O)(=O)O)[C@H]4O)C(C)[C@@H]3O)C(NS(=O)(=O)O)[C@H]2OOO)C(O)[C@@H](O)[C@@H]1O[C@@H]1OC(CO)[C@@H](O)[C@H](O)C1NS(=O)(=O)O. The summed E-state index contributed by atoms with van der Waals surface area (Å²) in [6.07, 6.45) is -39.5. The van der Waals surface area contributed by atoms with E-state index in [1.165, 1.54) is 27.7 Å². The molecular weight excluding hydrogens is 1110 g/mol. The standard InChI is InChI=1S/C32H59N3O35S4/c1-8-18(37)24(10(3)60-29(8)66-26-14(7-58-74(54,55)56)59-9(2)15(21(26)40)33-71(45,46)47)64-31-17(35-73(51,52)53)28(68-70-44)27(13(63-31)6-57-69-43)67-32-23(42)22(41)25(11(4)61-32)65-30-16(34-72(48,49)50)20(39)19(38)12(5-36)62-30/h8-44H,5-7H2,1-4H3,(H,45,46,47)(H,48,49,50)(H,51,52,53)(H,54,55,56)/t8?,9-,10?,11?,12?,13?,14?,15?,16?,17?,18-,19+,20+,21+,22+,23?,24-,25+,26+,27+,28+,29-,30-,31-,32-/m0/s1. The molecule has 74 heavy (non-hydrogen) atoms. The Balaban J connectivity index is 1.39. The van der Waals surface area contributed by atoms with Gasteiger partial charge in [0.05, 0.1) is 43.7 Å². The number of rotatable bonds is 23. The molecule has 0 radical (unpaired) electrons. The van der Waals surface area contributed by atoms with Crippen LogP contribution in [-0.4, -0.2) is 265 Å². The Bertz CT molecular complexity index is 2260. The first kappa shape index (κ1) is 63.4. The van der Waals surface area contributed by atoms with Crippen LogP contribution >= 0.6 is 0 Å². The third kappa shape index (κ3) is 16.4. The number of hydrogen-bond donors (Lipinski definition) is 16. The van der Waals surface area contributed by atoms with Crippen molar-refractivity contribution in [1.82, 2.24) is 14.2 Å². The van der Waals surface area contributed by atoms with Gasteiger partial charge in [0.1, 0.15) is 98.0 Å². The second kappa shape index (κ2) is 25.8. The Kier molecular flexibility index (Phi) is 22.1. The summed E-state index contributed by atoms with van der Waals surface area (Å²) in [5.41, 5.74) is 0. The second-order valence-corrected chi connectivity index (χ2v) is 22.0. The van der Waals surface area contributed by atoms with Crippen LogP contribution in [0.15, 0.2) is 0 Å². The highest BCUT2D eigenvalue weighted by Gasteiger charge is 2.58. The summed E-state index contributed by atoms with van der Waals surface area (Å²) in [6, 6.07) is -5.93. The molecule has 38 nitrogen and oxygen atoms in total. The lowest BCUT2D eigenvalue weighted by Crippen LogP contribution is -2.70. The van der Waals surface area contributed by atoms with Crippen molar-refractivity contribution in [3.05, 3.63) is 0 Å². The zero-order valence-electron chi connectivity index (χ0n) is 38.5. The summed E-state index contributed by atoms with van der Waals surface area (Å²) < 4.78 is 194. The molecule has 25 atom stereocenters. The molecular formula is C32H59N3O35S4. The molecule has 0 saturated carbocycles. The van der Waals surface area contributed by atoms with E-state index in [1.54, 1.807) is 14.2 Å². The van der Waals surface area contributed by atoms with Gasteiger partial charge in [0.2, 0.25) is 0 Å². The predicted molar refractivity (Wildman–Crippen MR) is 223 cm³/mol. The summed E-state index contributed by atoms with van der Waals surface area (Å²) in [7, 11) is -20.8. The largest absolute Gasteiger partial charge is 0.397 e. The highest BCUT2D eigenvalue weighted by Crippen LogP contribution is 2.38. The summed E-state index contributed by atoms with van der Waals surface area (Å²) >= 11 is 0. The van der Waals surface area contributed by atoms with Crippen LogP contribution in [0, 0.1) is 5.92 Å². The molecule has 0 aromatic carbocycles. The van der Waals surface area contributed by atoms with Gasteiger partial charge < -0.3 is 78.4 Å². The van der Waals surface area contributed by atoms with Crippen LogP contribution < -0.4 is 14.2 Å². The second-order valence-electron chi connectivity index (χ2n) is 17.3. The van der Waals surface area contributed by atoms with Crippen LogP contribution in [-0.2, 0) is 108 Å². The fourth-order valence-electron chi connectivity index (χ4n) is 8.73. The molecule has 0 aromatic heterocycles. The van der Waals surface area contributed by atoms with E-state index in [1.807, 2.05) is 0 Å². The molecule has 0 aliphatic carbocycles. The lowest BCUT2D eigenvalue weighted by molar-refractivity contribution is -0.530. The van der Waals surface area contributed by atoms with E-state index in [0.29, 0.717) is 0 Å². The molecule has 5 aliphatic heterocycles. The Hall–Kier alpha value is -1.40. The van der Waals surface area contributed by atoms with Crippen LogP contribution in [0.3, 0.4) is 0 Å². The summed E-state index contributed by atoms with van der Waals surface area (Å²) in [5, 5.41) is 102. The number of nitrogens with one attached hydrogen (secondary N) is 3. The Morgan fingerprint density at radius 2 is 0.932 bits per heavy atom. The Morgan fingerprint density at radius 3 is 1.47 bits per heavy atom. The normalized spacial score (nSPS) is 44.0. The monoisotopic (exact) mass is 1170 g/mol. The number of ether oxygens (including phenoxy) is 9. The van der Waals surface area contributed by atoms with Crippen molar-refractivity contribution in [1.29, 1.82) is 0 Å². The minimum atomic E-state index is -5.43. The molecule has 0 spiro atoms. The fourth-order valence-corrected chi connectivity index (χ4v) is 10.9. The van der Waals surface area contributed by atoms with Crippen molar-refractivity contribution < 1.29 is 165 Å². The van der Waals surface area contributed by atoms with Crippen molar-refractivity contribution in [3.8, 4) is 0 Å². The van der Waals surface area contributed by atoms with Gasteiger partial charge in [-0.25, -0.2) is 19.6 Å². The minimum Gasteiger partial charge on any atom is -0.394 e. The molecule has 16 N–H and O–H groups in total. The maximum atomic E-state index is 12.4. The molecule has 42 heteroatoms. The summed E-state index contributed by atoms with van der Waals surface area (Å²) in [5.74, 6) is -1.34. The molecule has 5 fully saturated rings. The van der Waals surface area contributed by atoms with Gasteiger partial charge in [0.25, 0.3) is 0 Å². The van der Waals surface area contributed by atoms with Crippen molar-refractivity contribution >= 4 is 41.3 Å². The number of hydrogen-bond acceptors (Lipinski definition) is 31. The first-order chi connectivity index (χ1) is 34.2. The van der Waals surface area contributed by atoms with Crippen LogP contribution in [0.1, 0.15) is 27.7 Å². The smallest absolute Gasteiger partial charge is 0.394 e. The first-order valence-electron chi connectivity index (χ1n) is 21.5. The molecule has 5 heterocycles. The molecule has 5 saturated heterocycles. The minimum absolute atomic E-state index is 0.970. The van der Waals surface area contributed by atoms with E-state index in [4.69, 9.17) is 52.8 Å². The van der Waals surface area contributed by atoms with Gasteiger partial charge in [-0.15, -0.1) is 0 Å². The zero-order valence-corrected chi connectivity index (χ0v) is 41.7. The van der Waals surface area contributed by atoms with E-state index in [2.05, 4.69) is 19.1 Å². The Morgan fingerprint density at radius 1 is 0.446 bits per heavy atom. The quantitative estimate of drug-likeness (QED) is 0.0257. The maximum absolute atomic E-state index is 12.4. The van der Waals surface area contributed by atoms with E-state index in [9.17, 15) is 92.9 Å². The average molecular weight is 1170 g/mol. The third-order valence-corrected chi connectivity index (χ3v) is 14.4. The zero-order chi connectivity index (χ0) is 55.6. The maximum Gasteiger partial charge on any atom is 0.397 e. The molecule has 0 amide bonds. The molecule has 0 aromatic rings. The van der Waals surface area contributed by atoms with Gasteiger partial charge in [-0.1, -0.05) is 17.0 Å². The van der Waals surface area contributed by atoms with Gasteiger partial charge in [0.15, 0.2) is 25.2 Å². The van der Waals surface area contributed by atoms with Gasteiger partial charge >= 0.3 is 41.3 Å². The van der Waals surface area contributed by atoms with Gasteiger partial charge in [0, 0.05) is 5.92 Å².